The summed E-state index contributed by atoms with van der Waals surface area (Å²) in [6.07, 6.45) is 0. The van der Waals surface area contributed by atoms with Crippen LogP contribution in [0.1, 0.15) is 5.56 Å². The third-order valence-corrected chi connectivity index (χ3v) is 2.10. The first-order chi connectivity index (χ1) is 6.69. The molecule has 0 saturated carbocycles. The van der Waals surface area contributed by atoms with E-state index in [0.29, 0.717) is 17.1 Å². The lowest BCUT2D eigenvalue weighted by atomic mass is 10.2. The van der Waals surface area contributed by atoms with Gasteiger partial charge in [0.2, 0.25) is 10.3 Å². The fourth-order valence-electron chi connectivity index (χ4n) is 1.11. The highest BCUT2D eigenvalue weighted by molar-refractivity contribution is 7.71. The molecular formula is C9H10O4S. The molecule has 1 rings (SSSR count). The number of methoxy groups -OCH3 is 2. The summed E-state index contributed by atoms with van der Waals surface area (Å²) in [4.78, 5) is 0. The Kier molecular flexibility index (Phi) is 3.53. The van der Waals surface area contributed by atoms with Crippen LogP contribution in [0.4, 0.5) is 0 Å². The summed E-state index contributed by atoms with van der Waals surface area (Å²) in [7, 11) is 0.708. The van der Waals surface area contributed by atoms with Crippen LogP contribution in [0.5, 0.6) is 11.5 Å². The second kappa shape index (κ2) is 4.66. The standard InChI is InChI=1S/C9H10O4S/c1-12-8-5-3-4-7(6-14(10)11)9(8)13-2/h3-6H,1-2H3. The van der Waals surface area contributed by atoms with E-state index < -0.39 is 10.3 Å². The number of rotatable bonds is 3. The molecule has 0 atom stereocenters. The average molecular weight is 214 g/mol. The maximum absolute atomic E-state index is 10.5. The topological polar surface area (TPSA) is 52.6 Å². The largest absolute Gasteiger partial charge is 0.493 e. The molecule has 0 radical (unpaired) electrons. The van der Waals surface area contributed by atoms with Crippen LogP contribution in [0.2, 0.25) is 0 Å². The first-order valence-electron chi connectivity index (χ1n) is 3.83. The van der Waals surface area contributed by atoms with Crippen molar-refractivity contribution in [2.24, 2.45) is 0 Å². The second-order valence-electron chi connectivity index (χ2n) is 2.46. The molecule has 0 heterocycles. The van der Waals surface area contributed by atoms with Crippen molar-refractivity contribution in [3.63, 3.8) is 0 Å². The smallest absolute Gasteiger partial charge is 0.214 e. The van der Waals surface area contributed by atoms with E-state index in [1.54, 1.807) is 18.2 Å². The molecule has 0 aromatic heterocycles. The van der Waals surface area contributed by atoms with Crippen LogP contribution in [0.15, 0.2) is 18.2 Å². The highest BCUT2D eigenvalue weighted by atomic mass is 32.2. The van der Waals surface area contributed by atoms with E-state index in [1.165, 1.54) is 14.2 Å². The molecule has 4 nitrogen and oxygen atoms in total. The molecule has 0 aliphatic carbocycles. The summed E-state index contributed by atoms with van der Waals surface area (Å²) >= 11 is 0. The van der Waals surface area contributed by atoms with Gasteiger partial charge in [-0.1, -0.05) is 6.07 Å². The molecule has 5 heteroatoms. The van der Waals surface area contributed by atoms with Gasteiger partial charge in [0.25, 0.3) is 0 Å². The van der Waals surface area contributed by atoms with Gasteiger partial charge < -0.3 is 9.47 Å². The fraction of sp³-hybridized carbons (Fsp3) is 0.222. The van der Waals surface area contributed by atoms with Gasteiger partial charge in [0, 0.05) is 5.56 Å². The van der Waals surface area contributed by atoms with Gasteiger partial charge in [0.1, 0.15) is 0 Å². The van der Waals surface area contributed by atoms with Crippen LogP contribution < -0.4 is 9.47 Å². The Morgan fingerprint density at radius 1 is 1.21 bits per heavy atom. The Bertz CT molecular complexity index is 440. The molecule has 0 aliphatic heterocycles. The van der Waals surface area contributed by atoms with Crippen molar-refractivity contribution in [3.05, 3.63) is 23.8 Å². The number of benzene rings is 1. The van der Waals surface area contributed by atoms with Gasteiger partial charge in [-0.2, -0.15) is 8.42 Å². The van der Waals surface area contributed by atoms with Crippen molar-refractivity contribution in [1.82, 2.24) is 0 Å². The zero-order chi connectivity index (χ0) is 10.6. The molecule has 76 valence electrons. The van der Waals surface area contributed by atoms with E-state index >= 15 is 0 Å². The molecule has 0 spiro atoms. The van der Waals surface area contributed by atoms with E-state index in [2.05, 4.69) is 0 Å². The summed E-state index contributed by atoms with van der Waals surface area (Å²) < 4.78 is 31.0. The van der Waals surface area contributed by atoms with Crippen LogP contribution >= 0.6 is 0 Å². The molecule has 0 N–H and O–H groups in total. The van der Waals surface area contributed by atoms with Crippen LogP contribution in [0.25, 0.3) is 0 Å². The van der Waals surface area contributed by atoms with Crippen LogP contribution in [0, 0.1) is 0 Å². The van der Waals surface area contributed by atoms with E-state index in [0.717, 1.165) is 5.37 Å². The minimum atomic E-state index is -2.25. The Morgan fingerprint density at radius 3 is 2.43 bits per heavy atom. The average Bonchev–Trinajstić information content (AvgIpc) is 2.16. The van der Waals surface area contributed by atoms with Gasteiger partial charge >= 0.3 is 0 Å². The summed E-state index contributed by atoms with van der Waals surface area (Å²) in [6, 6.07) is 5.03. The van der Waals surface area contributed by atoms with Crippen molar-refractivity contribution in [3.8, 4) is 11.5 Å². The van der Waals surface area contributed by atoms with Crippen molar-refractivity contribution in [2.45, 2.75) is 0 Å². The van der Waals surface area contributed by atoms with Gasteiger partial charge in [-0.25, -0.2) is 0 Å². The molecule has 0 saturated heterocycles. The minimum Gasteiger partial charge on any atom is -0.493 e. The zero-order valence-electron chi connectivity index (χ0n) is 7.85. The second-order valence-corrected chi connectivity index (χ2v) is 3.22. The summed E-state index contributed by atoms with van der Waals surface area (Å²) in [5.41, 5.74) is 0.472. The highest BCUT2D eigenvalue weighted by Crippen LogP contribution is 2.29. The predicted octanol–water partition coefficient (Wildman–Crippen LogP) is 0.733. The van der Waals surface area contributed by atoms with Crippen LogP contribution in [0.3, 0.4) is 0 Å². The minimum absolute atomic E-state index is 0.416. The molecule has 0 amide bonds. The molecule has 0 bridgehead atoms. The normalized spacial score (nSPS) is 9.29. The molecular weight excluding hydrogens is 204 g/mol. The van der Waals surface area contributed by atoms with Crippen molar-refractivity contribution < 1.29 is 17.9 Å². The Morgan fingerprint density at radius 2 is 1.93 bits per heavy atom. The van der Waals surface area contributed by atoms with E-state index in [4.69, 9.17) is 9.47 Å². The van der Waals surface area contributed by atoms with Gasteiger partial charge in [-0.3, -0.25) is 0 Å². The number of hydrogen-bond acceptors (Lipinski definition) is 4. The number of hydrogen-bond donors (Lipinski definition) is 0. The molecule has 0 fully saturated rings. The first kappa shape index (κ1) is 10.6. The lowest BCUT2D eigenvalue weighted by Crippen LogP contribution is -1.95. The van der Waals surface area contributed by atoms with Gasteiger partial charge in [0.15, 0.2) is 11.5 Å². The number of para-hydroxylation sites is 1. The lowest BCUT2D eigenvalue weighted by molar-refractivity contribution is 0.354. The molecule has 1 aromatic rings. The summed E-state index contributed by atoms with van der Waals surface area (Å²) in [5.74, 6) is 0.922. The van der Waals surface area contributed by atoms with Crippen molar-refractivity contribution in [2.75, 3.05) is 14.2 Å². The van der Waals surface area contributed by atoms with Crippen molar-refractivity contribution in [1.29, 1.82) is 0 Å². The van der Waals surface area contributed by atoms with Crippen molar-refractivity contribution >= 4 is 15.7 Å². The fourth-order valence-corrected chi connectivity index (χ4v) is 1.50. The number of ether oxygens (including phenoxy) is 2. The predicted molar refractivity (Wildman–Crippen MR) is 53.6 cm³/mol. The first-order valence-corrected chi connectivity index (χ1v) is 4.96. The SMILES string of the molecule is COc1cccc(C=S(=O)=O)c1OC. The molecule has 14 heavy (non-hydrogen) atoms. The molecule has 0 unspecified atom stereocenters. The third-order valence-electron chi connectivity index (χ3n) is 1.66. The Balaban J connectivity index is 3.36. The maximum Gasteiger partial charge on any atom is 0.214 e. The highest BCUT2D eigenvalue weighted by Gasteiger charge is 2.06. The summed E-state index contributed by atoms with van der Waals surface area (Å²) in [5, 5.41) is 1.07. The van der Waals surface area contributed by atoms with Crippen LogP contribution in [-0.4, -0.2) is 28.0 Å². The molecule has 0 aliphatic rings. The Labute approximate surface area is 83.6 Å². The maximum atomic E-state index is 10.5. The van der Waals surface area contributed by atoms with Gasteiger partial charge in [-0.15, -0.1) is 0 Å². The Hall–Kier alpha value is -1.49. The van der Waals surface area contributed by atoms with Gasteiger partial charge in [-0.05, 0) is 12.1 Å². The third kappa shape index (κ3) is 2.26. The zero-order valence-corrected chi connectivity index (χ0v) is 8.67. The monoisotopic (exact) mass is 214 g/mol. The summed E-state index contributed by atoms with van der Waals surface area (Å²) in [6.45, 7) is 0. The van der Waals surface area contributed by atoms with Crippen LogP contribution in [-0.2, 0) is 10.3 Å². The van der Waals surface area contributed by atoms with E-state index in [-0.39, 0.29) is 0 Å². The van der Waals surface area contributed by atoms with E-state index in [9.17, 15) is 8.42 Å². The van der Waals surface area contributed by atoms with E-state index in [1.807, 2.05) is 0 Å². The quantitative estimate of drug-likeness (QED) is 0.696. The molecule has 1 aromatic carbocycles. The lowest BCUT2D eigenvalue weighted by Gasteiger charge is -2.08. The van der Waals surface area contributed by atoms with Gasteiger partial charge in [0.05, 0.1) is 19.6 Å².